The van der Waals surface area contributed by atoms with Crippen LogP contribution >= 0.6 is 0 Å². The lowest BCUT2D eigenvalue weighted by Gasteiger charge is -2.08. The molecule has 2 heterocycles. The van der Waals surface area contributed by atoms with Gasteiger partial charge < -0.3 is 15.0 Å². The second kappa shape index (κ2) is 5.82. The summed E-state index contributed by atoms with van der Waals surface area (Å²) in [5.74, 6) is 0.865. The van der Waals surface area contributed by atoms with Crippen LogP contribution in [0.2, 0.25) is 0 Å². The molecule has 0 fully saturated rings. The van der Waals surface area contributed by atoms with Crippen LogP contribution in [0.15, 0.2) is 41.8 Å². The Balaban J connectivity index is 1.66. The van der Waals surface area contributed by atoms with E-state index in [4.69, 9.17) is 15.6 Å². The maximum absolute atomic E-state index is 11.2. The van der Waals surface area contributed by atoms with Gasteiger partial charge in [0, 0.05) is 0 Å². The van der Waals surface area contributed by atoms with E-state index < -0.39 is 10.0 Å². The maximum atomic E-state index is 11.2. The number of nitrogen functional groups attached to an aromatic ring is 1. The van der Waals surface area contributed by atoms with Gasteiger partial charge >= 0.3 is 0 Å². The van der Waals surface area contributed by atoms with Gasteiger partial charge in [0.2, 0.25) is 10.0 Å². The molecule has 2 aromatic heterocycles. The van der Waals surface area contributed by atoms with Crippen molar-refractivity contribution in [2.24, 2.45) is 5.14 Å². The van der Waals surface area contributed by atoms with Crippen molar-refractivity contribution in [3.63, 3.8) is 0 Å². The van der Waals surface area contributed by atoms with Crippen molar-refractivity contribution >= 4 is 27.0 Å². The van der Waals surface area contributed by atoms with Gasteiger partial charge in [-0.2, -0.15) is 0 Å². The van der Waals surface area contributed by atoms with Gasteiger partial charge in [0.1, 0.15) is 24.2 Å². The molecule has 9 nitrogen and oxygen atoms in total. The van der Waals surface area contributed by atoms with Crippen LogP contribution in [0, 0.1) is 0 Å². The van der Waals surface area contributed by atoms with Crippen LogP contribution in [0.3, 0.4) is 0 Å². The Hall–Kier alpha value is -2.72. The fourth-order valence-corrected chi connectivity index (χ4v) is 2.57. The number of ether oxygens (including phenoxy) is 1. The molecule has 0 saturated heterocycles. The van der Waals surface area contributed by atoms with Crippen molar-refractivity contribution in [2.45, 2.75) is 11.4 Å². The quantitative estimate of drug-likeness (QED) is 0.676. The Morgan fingerprint density at radius 3 is 2.57 bits per heavy atom. The highest BCUT2D eigenvalue weighted by atomic mass is 32.2. The minimum Gasteiger partial charge on any atom is -0.492 e. The van der Waals surface area contributed by atoms with Crippen LogP contribution < -0.4 is 15.6 Å². The molecule has 3 rings (SSSR count). The van der Waals surface area contributed by atoms with Crippen molar-refractivity contribution in [2.75, 3.05) is 12.3 Å². The number of imidazole rings is 1. The number of nitrogens with two attached hydrogens (primary N) is 2. The van der Waals surface area contributed by atoms with Gasteiger partial charge in [0.05, 0.1) is 17.8 Å². The van der Waals surface area contributed by atoms with Crippen molar-refractivity contribution < 1.29 is 13.2 Å². The highest BCUT2D eigenvalue weighted by Gasteiger charge is 2.09. The highest BCUT2D eigenvalue weighted by molar-refractivity contribution is 7.89. The number of hydrogen-bond donors (Lipinski definition) is 2. The number of nitrogens with zero attached hydrogens (tertiary/aromatic N) is 4. The van der Waals surface area contributed by atoms with Crippen LogP contribution in [0.4, 0.5) is 5.82 Å². The number of rotatable bonds is 5. The molecule has 0 saturated carbocycles. The molecule has 23 heavy (non-hydrogen) atoms. The van der Waals surface area contributed by atoms with Gasteiger partial charge in [0.15, 0.2) is 11.5 Å². The van der Waals surface area contributed by atoms with Crippen LogP contribution in [-0.2, 0) is 16.6 Å². The smallest absolute Gasteiger partial charge is 0.238 e. The fourth-order valence-electron chi connectivity index (χ4n) is 2.05. The first kappa shape index (κ1) is 15.2. The number of benzene rings is 1. The first-order chi connectivity index (χ1) is 10.9. The zero-order valence-electron chi connectivity index (χ0n) is 12.0. The van der Waals surface area contributed by atoms with Gasteiger partial charge in [-0.15, -0.1) is 0 Å². The van der Waals surface area contributed by atoms with Crippen molar-refractivity contribution in [1.29, 1.82) is 0 Å². The number of aromatic nitrogens is 4. The maximum Gasteiger partial charge on any atom is 0.238 e. The molecule has 0 spiro atoms. The summed E-state index contributed by atoms with van der Waals surface area (Å²) in [4.78, 5) is 12.2. The lowest BCUT2D eigenvalue weighted by Crippen LogP contribution is -2.12. The molecule has 0 amide bonds. The van der Waals surface area contributed by atoms with Crippen molar-refractivity contribution in [3.05, 3.63) is 36.9 Å². The third-order valence-corrected chi connectivity index (χ3v) is 4.11. The van der Waals surface area contributed by atoms with Crippen LogP contribution in [0.25, 0.3) is 11.2 Å². The lowest BCUT2D eigenvalue weighted by molar-refractivity contribution is 0.299. The Labute approximate surface area is 132 Å². The summed E-state index contributed by atoms with van der Waals surface area (Å²) in [7, 11) is -3.70. The summed E-state index contributed by atoms with van der Waals surface area (Å²) in [6.07, 6.45) is 2.99. The average Bonchev–Trinajstić information content (AvgIpc) is 2.92. The molecule has 120 valence electrons. The molecule has 0 radical (unpaired) electrons. The summed E-state index contributed by atoms with van der Waals surface area (Å²) in [6, 6.07) is 5.88. The minimum absolute atomic E-state index is 0.0395. The van der Waals surface area contributed by atoms with Gasteiger partial charge in [-0.1, -0.05) is 0 Å². The SMILES string of the molecule is Nc1ncnc2c1ncn2CCOc1ccc(S(N)(=O)=O)cc1. The van der Waals surface area contributed by atoms with Gasteiger partial charge in [-0.25, -0.2) is 28.5 Å². The van der Waals surface area contributed by atoms with E-state index in [9.17, 15) is 8.42 Å². The number of primary sulfonamides is 1. The van der Waals surface area contributed by atoms with Crippen LogP contribution in [0.1, 0.15) is 0 Å². The summed E-state index contributed by atoms with van der Waals surface area (Å²) < 4.78 is 29.7. The average molecular weight is 334 g/mol. The van der Waals surface area contributed by atoms with Gasteiger partial charge in [0.25, 0.3) is 0 Å². The summed E-state index contributed by atoms with van der Waals surface area (Å²) in [6.45, 7) is 0.855. The Morgan fingerprint density at radius 2 is 1.87 bits per heavy atom. The molecular formula is C13H14N6O3S. The van der Waals surface area contributed by atoms with Crippen LogP contribution in [-0.4, -0.2) is 34.5 Å². The van der Waals surface area contributed by atoms with E-state index >= 15 is 0 Å². The third kappa shape index (κ3) is 3.22. The fraction of sp³-hybridized carbons (Fsp3) is 0.154. The van der Waals surface area contributed by atoms with E-state index in [2.05, 4.69) is 15.0 Å². The molecular weight excluding hydrogens is 320 g/mol. The highest BCUT2D eigenvalue weighted by Crippen LogP contribution is 2.16. The topological polar surface area (TPSA) is 139 Å². The van der Waals surface area contributed by atoms with E-state index in [-0.39, 0.29) is 4.90 Å². The van der Waals surface area contributed by atoms with E-state index in [0.29, 0.717) is 35.9 Å². The predicted molar refractivity (Wildman–Crippen MR) is 83.0 cm³/mol. The summed E-state index contributed by atoms with van der Waals surface area (Å²) in [5.41, 5.74) is 6.90. The molecule has 0 aliphatic carbocycles. The first-order valence-corrected chi connectivity index (χ1v) is 8.17. The van der Waals surface area contributed by atoms with Gasteiger partial charge in [-0.3, -0.25) is 0 Å². The van der Waals surface area contributed by atoms with E-state index in [1.165, 1.54) is 18.5 Å². The van der Waals surface area contributed by atoms with Crippen molar-refractivity contribution in [3.8, 4) is 5.75 Å². The van der Waals surface area contributed by atoms with Gasteiger partial charge in [-0.05, 0) is 24.3 Å². The normalized spacial score (nSPS) is 11.7. The Kier molecular flexibility index (Phi) is 3.84. The van der Waals surface area contributed by atoms with Crippen molar-refractivity contribution in [1.82, 2.24) is 19.5 Å². The second-order valence-corrected chi connectivity index (χ2v) is 6.30. The minimum atomic E-state index is -3.70. The first-order valence-electron chi connectivity index (χ1n) is 6.62. The molecule has 1 aromatic carbocycles. The molecule has 0 atom stereocenters. The predicted octanol–water partition coefficient (Wildman–Crippen LogP) is 0.135. The molecule has 0 unspecified atom stereocenters. The second-order valence-electron chi connectivity index (χ2n) is 4.73. The lowest BCUT2D eigenvalue weighted by atomic mass is 10.3. The molecule has 0 bridgehead atoms. The Bertz CT molecular complexity index is 936. The molecule has 3 aromatic rings. The molecule has 0 aliphatic rings. The third-order valence-electron chi connectivity index (χ3n) is 3.18. The molecule has 0 aliphatic heterocycles. The number of anilines is 1. The van der Waals surface area contributed by atoms with Crippen LogP contribution in [0.5, 0.6) is 5.75 Å². The number of hydrogen-bond acceptors (Lipinski definition) is 7. The van der Waals surface area contributed by atoms with E-state index in [0.717, 1.165) is 0 Å². The largest absolute Gasteiger partial charge is 0.492 e. The standard InChI is InChI=1S/C13H14N6O3S/c14-12-11-13(17-7-16-12)19(8-18-11)5-6-22-9-1-3-10(4-2-9)23(15,20)21/h1-4,7-8H,5-6H2,(H2,14,16,17)(H2,15,20,21). The molecule has 10 heteroatoms. The van der Waals surface area contributed by atoms with E-state index in [1.807, 2.05) is 0 Å². The monoisotopic (exact) mass is 334 g/mol. The number of sulfonamides is 1. The van der Waals surface area contributed by atoms with E-state index in [1.54, 1.807) is 23.0 Å². The molecule has 4 N–H and O–H groups in total. The zero-order chi connectivity index (χ0) is 16.4. The summed E-state index contributed by atoms with van der Waals surface area (Å²) >= 11 is 0. The number of fused-ring (bicyclic) bond motifs is 1. The zero-order valence-corrected chi connectivity index (χ0v) is 12.8. The Morgan fingerprint density at radius 1 is 1.13 bits per heavy atom. The summed E-state index contributed by atoms with van der Waals surface area (Å²) in [5, 5.41) is 5.04.